The van der Waals surface area contributed by atoms with Crippen LogP contribution in [-0.4, -0.2) is 16.7 Å². The van der Waals surface area contributed by atoms with Gasteiger partial charge in [-0.05, 0) is 24.5 Å². The largest absolute Gasteiger partial charge is 0.497 e. The standard InChI is InChI=1S/C12H15N3O/c1-7-5-10(7)15-11-6-8(16-2)3-4-9(11)14-12(15)13/h3-4,6-7,10H,5H2,1-2H3,(H2,13,14). The molecule has 0 bridgehead atoms. The number of nitrogens with two attached hydrogens (primary N) is 1. The third-order valence-electron chi connectivity index (χ3n) is 3.32. The van der Waals surface area contributed by atoms with Crippen LogP contribution in [0, 0.1) is 5.92 Å². The summed E-state index contributed by atoms with van der Waals surface area (Å²) in [6, 6.07) is 6.38. The predicted molar refractivity (Wildman–Crippen MR) is 63.5 cm³/mol. The topological polar surface area (TPSA) is 53.1 Å². The van der Waals surface area contributed by atoms with Crippen LogP contribution < -0.4 is 10.5 Å². The van der Waals surface area contributed by atoms with Crippen molar-refractivity contribution in [3.63, 3.8) is 0 Å². The van der Waals surface area contributed by atoms with Crippen LogP contribution >= 0.6 is 0 Å². The minimum atomic E-state index is 0.511. The molecular formula is C12H15N3O. The van der Waals surface area contributed by atoms with Gasteiger partial charge in [0.2, 0.25) is 5.95 Å². The molecule has 4 heteroatoms. The Hall–Kier alpha value is -1.71. The summed E-state index contributed by atoms with van der Waals surface area (Å²) in [5.74, 6) is 2.16. The first-order valence-corrected chi connectivity index (χ1v) is 5.52. The van der Waals surface area contributed by atoms with Crippen LogP contribution in [0.3, 0.4) is 0 Å². The molecule has 1 heterocycles. The van der Waals surface area contributed by atoms with Gasteiger partial charge in [0.25, 0.3) is 0 Å². The number of hydrogen-bond acceptors (Lipinski definition) is 3. The normalized spacial score (nSPS) is 23.6. The molecule has 2 unspecified atom stereocenters. The van der Waals surface area contributed by atoms with Crippen LogP contribution in [-0.2, 0) is 0 Å². The molecule has 1 saturated carbocycles. The lowest BCUT2D eigenvalue weighted by Gasteiger charge is -2.05. The number of hydrogen-bond donors (Lipinski definition) is 1. The van der Waals surface area contributed by atoms with Crippen molar-refractivity contribution in [1.29, 1.82) is 0 Å². The maximum atomic E-state index is 5.96. The number of fused-ring (bicyclic) bond motifs is 1. The molecule has 1 fully saturated rings. The molecule has 4 nitrogen and oxygen atoms in total. The van der Waals surface area contributed by atoms with Crippen LogP contribution in [0.15, 0.2) is 18.2 Å². The summed E-state index contributed by atoms with van der Waals surface area (Å²) >= 11 is 0. The van der Waals surface area contributed by atoms with Crippen molar-refractivity contribution in [2.75, 3.05) is 12.8 Å². The lowest BCUT2D eigenvalue weighted by molar-refractivity contribution is 0.415. The summed E-state index contributed by atoms with van der Waals surface area (Å²) in [5.41, 5.74) is 7.98. The summed E-state index contributed by atoms with van der Waals surface area (Å²) < 4.78 is 7.36. The zero-order chi connectivity index (χ0) is 11.3. The van der Waals surface area contributed by atoms with E-state index in [2.05, 4.69) is 16.5 Å². The average molecular weight is 217 g/mol. The zero-order valence-electron chi connectivity index (χ0n) is 9.47. The molecule has 0 amide bonds. The van der Waals surface area contributed by atoms with Gasteiger partial charge < -0.3 is 15.0 Å². The minimum Gasteiger partial charge on any atom is -0.497 e. The molecule has 1 aliphatic carbocycles. The molecule has 3 rings (SSSR count). The highest BCUT2D eigenvalue weighted by atomic mass is 16.5. The van der Waals surface area contributed by atoms with E-state index in [9.17, 15) is 0 Å². The lowest BCUT2D eigenvalue weighted by Crippen LogP contribution is -2.01. The first-order chi connectivity index (χ1) is 7.70. The van der Waals surface area contributed by atoms with Gasteiger partial charge in [0.15, 0.2) is 0 Å². The Labute approximate surface area is 94.0 Å². The number of rotatable bonds is 2. The Bertz CT molecular complexity index is 546. The predicted octanol–water partition coefficient (Wildman–Crippen LogP) is 2.21. The highest BCUT2D eigenvalue weighted by Crippen LogP contribution is 2.45. The summed E-state index contributed by atoms with van der Waals surface area (Å²) in [7, 11) is 1.67. The summed E-state index contributed by atoms with van der Waals surface area (Å²) in [6.45, 7) is 2.23. The molecule has 1 aromatic carbocycles. The van der Waals surface area contributed by atoms with E-state index >= 15 is 0 Å². The molecule has 0 radical (unpaired) electrons. The van der Waals surface area contributed by atoms with Gasteiger partial charge in [-0.1, -0.05) is 6.92 Å². The highest BCUT2D eigenvalue weighted by Gasteiger charge is 2.36. The Morgan fingerprint density at radius 3 is 2.88 bits per heavy atom. The molecular weight excluding hydrogens is 202 g/mol. The number of imidazole rings is 1. The van der Waals surface area contributed by atoms with E-state index in [1.54, 1.807) is 7.11 Å². The Morgan fingerprint density at radius 1 is 1.50 bits per heavy atom. The van der Waals surface area contributed by atoms with Crippen molar-refractivity contribution in [3.05, 3.63) is 18.2 Å². The third kappa shape index (κ3) is 1.26. The molecule has 16 heavy (non-hydrogen) atoms. The van der Waals surface area contributed by atoms with E-state index in [4.69, 9.17) is 10.5 Å². The minimum absolute atomic E-state index is 0.511. The van der Waals surface area contributed by atoms with Gasteiger partial charge in [0.05, 0.1) is 18.1 Å². The first-order valence-electron chi connectivity index (χ1n) is 5.52. The molecule has 1 aromatic heterocycles. The number of ether oxygens (including phenoxy) is 1. The van der Waals surface area contributed by atoms with E-state index in [-0.39, 0.29) is 0 Å². The fourth-order valence-corrected chi connectivity index (χ4v) is 2.23. The molecule has 0 aliphatic heterocycles. The van der Waals surface area contributed by atoms with E-state index in [0.29, 0.717) is 17.9 Å². The molecule has 0 spiro atoms. The number of aromatic nitrogens is 2. The second-order valence-electron chi connectivity index (χ2n) is 4.47. The van der Waals surface area contributed by atoms with E-state index in [1.165, 1.54) is 6.42 Å². The van der Waals surface area contributed by atoms with E-state index < -0.39 is 0 Å². The van der Waals surface area contributed by atoms with Gasteiger partial charge in [-0.2, -0.15) is 0 Å². The van der Waals surface area contributed by atoms with Crippen LogP contribution in [0.5, 0.6) is 5.75 Å². The van der Waals surface area contributed by atoms with Crippen molar-refractivity contribution in [3.8, 4) is 5.75 Å². The summed E-state index contributed by atoms with van der Waals surface area (Å²) in [4.78, 5) is 4.37. The Balaban J connectivity index is 2.21. The maximum Gasteiger partial charge on any atom is 0.201 e. The summed E-state index contributed by atoms with van der Waals surface area (Å²) in [6.07, 6.45) is 1.19. The fourth-order valence-electron chi connectivity index (χ4n) is 2.23. The van der Waals surface area contributed by atoms with Crippen LogP contribution in [0.2, 0.25) is 0 Å². The second kappa shape index (κ2) is 3.14. The quantitative estimate of drug-likeness (QED) is 0.839. The number of nitrogen functional groups attached to an aromatic ring is 1. The van der Waals surface area contributed by atoms with Crippen LogP contribution in [0.25, 0.3) is 11.0 Å². The molecule has 84 valence electrons. The van der Waals surface area contributed by atoms with Gasteiger partial charge in [-0.25, -0.2) is 4.98 Å². The number of benzene rings is 1. The van der Waals surface area contributed by atoms with Crippen molar-refractivity contribution in [2.24, 2.45) is 5.92 Å². The Kier molecular flexibility index (Phi) is 1.87. The van der Waals surface area contributed by atoms with E-state index in [1.807, 2.05) is 18.2 Å². The molecule has 0 saturated heterocycles. The maximum absolute atomic E-state index is 5.96. The van der Waals surface area contributed by atoms with Gasteiger partial charge in [0.1, 0.15) is 5.75 Å². The summed E-state index contributed by atoms with van der Waals surface area (Å²) in [5, 5.41) is 0. The van der Waals surface area contributed by atoms with Crippen molar-refractivity contribution in [1.82, 2.24) is 9.55 Å². The van der Waals surface area contributed by atoms with Gasteiger partial charge in [0, 0.05) is 12.1 Å². The third-order valence-corrected chi connectivity index (χ3v) is 3.32. The highest BCUT2D eigenvalue weighted by molar-refractivity contribution is 5.80. The van der Waals surface area contributed by atoms with Gasteiger partial charge >= 0.3 is 0 Å². The van der Waals surface area contributed by atoms with Crippen LogP contribution in [0.1, 0.15) is 19.4 Å². The van der Waals surface area contributed by atoms with Crippen molar-refractivity contribution in [2.45, 2.75) is 19.4 Å². The second-order valence-corrected chi connectivity index (χ2v) is 4.47. The molecule has 2 N–H and O–H groups in total. The lowest BCUT2D eigenvalue weighted by atomic mass is 10.3. The fraction of sp³-hybridized carbons (Fsp3) is 0.417. The number of nitrogens with zero attached hydrogens (tertiary/aromatic N) is 2. The van der Waals surface area contributed by atoms with Crippen molar-refractivity contribution >= 4 is 17.0 Å². The van der Waals surface area contributed by atoms with Crippen LogP contribution in [0.4, 0.5) is 5.95 Å². The molecule has 2 atom stereocenters. The SMILES string of the molecule is COc1ccc2nc(N)n(C3CC3C)c2c1. The average Bonchev–Trinajstić information content (AvgIpc) is 2.89. The zero-order valence-corrected chi connectivity index (χ0v) is 9.47. The first kappa shape index (κ1) is 9.51. The molecule has 1 aliphatic rings. The Morgan fingerprint density at radius 2 is 2.25 bits per heavy atom. The number of methoxy groups -OCH3 is 1. The monoisotopic (exact) mass is 217 g/mol. The van der Waals surface area contributed by atoms with Gasteiger partial charge in [-0.3, -0.25) is 0 Å². The van der Waals surface area contributed by atoms with E-state index in [0.717, 1.165) is 16.8 Å². The molecule has 2 aromatic rings. The van der Waals surface area contributed by atoms with Crippen molar-refractivity contribution < 1.29 is 4.74 Å². The smallest absolute Gasteiger partial charge is 0.201 e. The van der Waals surface area contributed by atoms with Gasteiger partial charge in [-0.15, -0.1) is 0 Å². The number of anilines is 1.